The van der Waals surface area contributed by atoms with E-state index in [-0.39, 0.29) is 0 Å². The maximum Gasteiger partial charge on any atom is 0.201 e. The molecule has 0 spiro atoms. The Labute approximate surface area is 59.1 Å². The van der Waals surface area contributed by atoms with Crippen molar-refractivity contribution < 1.29 is 9.84 Å². The van der Waals surface area contributed by atoms with Gasteiger partial charge in [-0.05, 0) is 6.07 Å². The smallest absolute Gasteiger partial charge is 0.201 e. The number of aliphatic hydroxyl groups excluding tert-OH is 1. The van der Waals surface area contributed by atoms with E-state index in [1.807, 2.05) is 24.3 Å². The number of para-hydroxylation sites is 1. The van der Waals surface area contributed by atoms with Crippen molar-refractivity contribution in [2.45, 2.75) is 12.7 Å². The number of aliphatic hydroxyl groups is 1. The standard InChI is InChI=1S/C8H8O2/c9-8-5-6-3-1-2-4-7(6)10-8/h1-4,8-9H,5H2. The highest BCUT2D eigenvalue weighted by molar-refractivity contribution is 5.36. The first-order valence-electron chi connectivity index (χ1n) is 3.29. The molecule has 1 atom stereocenters. The third-order valence-electron chi connectivity index (χ3n) is 1.63. The summed E-state index contributed by atoms with van der Waals surface area (Å²) in [4.78, 5) is 0. The van der Waals surface area contributed by atoms with Crippen LogP contribution < -0.4 is 4.74 Å². The van der Waals surface area contributed by atoms with Crippen LogP contribution in [-0.2, 0) is 6.42 Å². The Morgan fingerprint density at radius 1 is 1.40 bits per heavy atom. The number of hydrogen-bond acceptors (Lipinski definition) is 2. The maximum absolute atomic E-state index is 9.03. The molecule has 0 aromatic heterocycles. The van der Waals surface area contributed by atoms with E-state index in [0.717, 1.165) is 11.3 Å². The van der Waals surface area contributed by atoms with Crippen molar-refractivity contribution in [2.75, 3.05) is 0 Å². The molecule has 1 aliphatic rings. The zero-order valence-electron chi connectivity index (χ0n) is 5.45. The van der Waals surface area contributed by atoms with E-state index < -0.39 is 6.29 Å². The van der Waals surface area contributed by atoms with Crippen molar-refractivity contribution in [3.8, 4) is 5.75 Å². The Kier molecular flexibility index (Phi) is 1.14. The lowest BCUT2D eigenvalue weighted by molar-refractivity contribution is 0.00215. The van der Waals surface area contributed by atoms with Crippen LogP contribution in [0.1, 0.15) is 5.56 Å². The van der Waals surface area contributed by atoms with Crippen molar-refractivity contribution >= 4 is 0 Å². The zero-order valence-corrected chi connectivity index (χ0v) is 5.45. The third kappa shape index (κ3) is 0.772. The molecule has 1 aromatic rings. The van der Waals surface area contributed by atoms with Crippen molar-refractivity contribution in [3.63, 3.8) is 0 Å². The third-order valence-corrected chi connectivity index (χ3v) is 1.63. The number of hydrogen-bond donors (Lipinski definition) is 1. The molecule has 52 valence electrons. The van der Waals surface area contributed by atoms with Crippen molar-refractivity contribution in [1.82, 2.24) is 0 Å². The van der Waals surface area contributed by atoms with Crippen LogP contribution in [0.4, 0.5) is 0 Å². The monoisotopic (exact) mass is 136 g/mol. The molecular weight excluding hydrogens is 128 g/mol. The van der Waals surface area contributed by atoms with E-state index in [1.165, 1.54) is 0 Å². The van der Waals surface area contributed by atoms with Crippen LogP contribution >= 0.6 is 0 Å². The van der Waals surface area contributed by atoms with Crippen LogP contribution in [0.3, 0.4) is 0 Å². The second-order valence-electron chi connectivity index (χ2n) is 2.38. The minimum Gasteiger partial charge on any atom is -0.465 e. The molecule has 0 radical (unpaired) electrons. The molecule has 1 aliphatic heterocycles. The lowest BCUT2D eigenvalue weighted by Gasteiger charge is -1.99. The van der Waals surface area contributed by atoms with E-state index >= 15 is 0 Å². The average Bonchev–Trinajstić information content (AvgIpc) is 2.27. The molecule has 2 nitrogen and oxygen atoms in total. The number of ether oxygens (including phenoxy) is 1. The lowest BCUT2D eigenvalue weighted by atomic mass is 10.2. The van der Waals surface area contributed by atoms with Gasteiger partial charge in [0, 0.05) is 12.0 Å². The van der Waals surface area contributed by atoms with E-state index in [2.05, 4.69) is 0 Å². The van der Waals surface area contributed by atoms with Crippen LogP contribution in [0.25, 0.3) is 0 Å². The summed E-state index contributed by atoms with van der Waals surface area (Å²) < 4.78 is 5.06. The molecule has 0 saturated carbocycles. The van der Waals surface area contributed by atoms with Crippen molar-refractivity contribution in [2.24, 2.45) is 0 Å². The van der Waals surface area contributed by atoms with Gasteiger partial charge >= 0.3 is 0 Å². The summed E-state index contributed by atoms with van der Waals surface area (Å²) in [5.74, 6) is 0.815. The number of fused-ring (bicyclic) bond motifs is 1. The van der Waals surface area contributed by atoms with Crippen LogP contribution in [-0.4, -0.2) is 11.4 Å². The van der Waals surface area contributed by atoms with E-state index in [9.17, 15) is 0 Å². The van der Waals surface area contributed by atoms with Crippen molar-refractivity contribution in [3.05, 3.63) is 29.8 Å². The SMILES string of the molecule is OC1Cc2ccccc2O1. The van der Waals surface area contributed by atoms with Gasteiger partial charge in [-0.25, -0.2) is 0 Å². The molecule has 0 amide bonds. The molecule has 2 heteroatoms. The van der Waals surface area contributed by atoms with Crippen LogP contribution in [0.15, 0.2) is 24.3 Å². The minimum absolute atomic E-state index is 0.621. The molecule has 0 saturated heterocycles. The topological polar surface area (TPSA) is 29.5 Å². The van der Waals surface area contributed by atoms with E-state index in [4.69, 9.17) is 9.84 Å². The van der Waals surface area contributed by atoms with Gasteiger partial charge in [0.15, 0.2) is 0 Å². The zero-order chi connectivity index (χ0) is 6.97. The van der Waals surface area contributed by atoms with Gasteiger partial charge in [0.25, 0.3) is 0 Å². The van der Waals surface area contributed by atoms with Gasteiger partial charge in [0.2, 0.25) is 6.29 Å². The lowest BCUT2D eigenvalue weighted by Crippen LogP contribution is -2.09. The first-order chi connectivity index (χ1) is 4.86. The molecule has 2 rings (SSSR count). The Bertz CT molecular complexity index is 220. The maximum atomic E-state index is 9.03. The fraction of sp³-hybridized carbons (Fsp3) is 0.250. The Hall–Kier alpha value is -1.02. The second-order valence-corrected chi connectivity index (χ2v) is 2.38. The summed E-state index contributed by atoms with van der Waals surface area (Å²) in [6.45, 7) is 0. The highest BCUT2D eigenvalue weighted by atomic mass is 16.6. The van der Waals surface area contributed by atoms with E-state index in [1.54, 1.807) is 0 Å². The first-order valence-corrected chi connectivity index (χ1v) is 3.29. The average molecular weight is 136 g/mol. The summed E-state index contributed by atoms with van der Waals surface area (Å²) >= 11 is 0. The fourth-order valence-corrected chi connectivity index (χ4v) is 1.16. The van der Waals surface area contributed by atoms with Gasteiger partial charge in [0.05, 0.1) is 0 Å². The molecule has 0 bridgehead atoms. The fourth-order valence-electron chi connectivity index (χ4n) is 1.16. The number of benzene rings is 1. The van der Waals surface area contributed by atoms with Gasteiger partial charge < -0.3 is 9.84 Å². The Morgan fingerprint density at radius 3 is 3.00 bits per heavy atom. The minimum atomic E-state index is -0.627. The highest BCUT2D eigenvalue weighted by Crippen LogP contribution is 2.26. The summed E-state index contributed by atoms with van der Waals surface area (Å²) in [5.41, 5.74) is 1.09. The predicted octanol–water partition coefficient (Wildman–Crippen LogP) is 0.940. The quantitative estimate of drug-likeness (QED) is 0.575. The summed E-state index contributed by atoms with van der Waals surface area (Å²) in [5, 5.41) is 9.03. The Balaban J connectivity index is 2.42. The van der Waals surface area contributed by atoms with E-state index in [0.29, 0.717) is 6.42 Å². The first kappa shape index (κ1) is 5.74. The summed E-state index contributed by atoms with van der Waals surface area (Å²) in [6.07, 6.45) is -0.00620. The summed E-state index contributed by atoms with van der Waals surface area (Å²) in [6, 6.07) is 7.67. The molecule has 1 aromatic carbocycles. The van der Waals surface area contributed by atoms with Crippen LogP contribution in [0.5, 0.6) is 5.75 Å². The van der Waals surface area contributed by atoms with Crippen LogP contribution in [0.2, 0.25) is 0 Å². The van der Waals surface area contributed by atoms with Crippen molar-refractivity contribution in [1.29, 1.82) is 0 Å². The molecular formula is C8H8O2. The highest BCUT2D eigenvalue weighted by Gasteiger charge is 2.18. The molecule has 1 heterocycles. The largest absolute Gasteiger partial charge is 0.465 e. The number of rotatable bonds is 0. The van der Waals surface area contributed by atoms with Gasteiger partial charge in [-0.15, -0.1) is 0 Å². The molecule has 0 fully saturated rings. The Morgan fingerprint density at radius 2 is 2.20 bits per heavy atom. The second kappa shape index (κ2) is 1.99. The molecule has 1 unspecified atom stereocenters. The molecule has 1 N–H and O–H groups in total. The molecule has 0 aliphatic carbocycles. The van der Waals surface area contributed by atoms with Gasteiger partial charge in [-0.1, -0.05) is 18.2 Å². The normalized spacial score (nSPS) is 21.9. The van der Waals surface area contributed by atoms with Gasteiger partial charge in [-0.2, -0.15) is 0 Å². The van der Waals surface area contributed by atoms with Gasteiger partial charge in [-0.3, -0.25) is 0 Å². The van der Waals surface area contributed by atoms with Crippen LogP contribution in [0, 0.1) is 0 Å². The summed E-state index contributed by atoms with van der Waals surface area (Å²) in [7, 11) is 0. The molecule has 10 heavy (non-hydrogen) atoms. The predicted molar refractivity (Wildman–Crippen MR) is 36.8 cm³/mol. The van der Waals surface area contributed by atoms with Gasteiger partial charge in [0.1, 0.15) is 5.75 Å².